The Morgan fingerprint density at radius 1 is 1.06 bits per heavy atom. The van der Waals surface area contributed by atoms with Crippen LogP contribution in [0.4, 0.5) is 0 Å². The summed E-state index contributed by atoms with van der Waals surface area (Å²) in [5.41, 5.74) is 1.65. The fourth-order valence-electron chi connectivity index (χ4n) is 6.59. The van der Waals surface area contributed by atoms with Crippen LogP contribution >= 0.6 is 11.6 Å². The van der Waals surface area contributed by atoms with Crippen LogP contribution in [-0.4, -0.2) is 80.8 Å². The number of aromatic nitrogens is 2. The molecule has 1 aromatic heterocycles. The fourth-order valence-corrected chi connectivity index (χ4v) is 6.78. The van der Waals surface area contributed by atoms with Gasteiger partial charge in [-0.15, -0.1) is 0 Å². The first-order valence-corrected chi connectivity index (χ1v) is 17.7. The number of hydroxylamine groups is 1. The molecular formula is C37H42ClN7O7. The zero-order valence-corrected chi connectivity index (χ0v) is 30.1. The van der Waals surface area contributed by atoms with Crippen molar-refractivity contribution in [3.63, 3.8) is 0 Å². The fraction of sp³-hybridized carbons (Fsp3) is 0.432. The second kappa shape index (κ2) is 14.5. The molecule has 5 N–H and O–H groups in total. The van der Waals surface area contributed by atoms with Crippen LogP contribution in [0.15, 0.2) is 59.4 Å². The number of amides is 4. The maximum Gasteiger partial charge on any atom is 0.289 e. The minimum absolute atomic E-state index is 0.000129. The number of carbonyl (C=O) groups is 5. The molecule has 2 fully saturated rings. The van der Waals surface area contributed by atoms with Crippen LogP contribution in [0.25, 0.3) is 16.5 Å². The number of nitrogens with zero attached hydrogens (tertiary/aromatic N) is 2. The van der Waals surface area contributed by atoms with Gasteiger partial charge >= 0.3 is 0 Å². The highest BCUT2D eigenvalue weighted by molar-refractivity contribution is 6.38. The summed E-state index contributed by atoms with van der Waals surface area (Å²) in [5.74, 6) is -3.43. The van der Waals surface area contributed by atoms with E-state index in [1.165, 1.54) is 4.90 Å². The SMILES string of the molecule is CCC[C@H](NC(=O)[C@@H]1C[C@]2(C=C(c3cccc(Cl)c3)NO2)CN1C(=O)[C@@H](NC(=O)c1n[nH]c(=O)c2ccccc12)C(C)(C)C)C(=O)C(=O)NC1CC1. The Morgan fingerprint density at radius 3 is 2.46 bits per heavy atom. The number of hydrogen-bond donors (Lipinski definition) is 5. The lowest BCUT2D eigenvalue weighted by Crippen LogP contribution is -2.59. The van der Waals surface area contributed by atoms with Crippen molar-refractivity contribution < 1.29 is 28.8 Å². The molecule has 274 valence electrons. The molecule has 1 spiro atoms. The van der Waals surface area contributed by atoms with Crippen LogP contribution in [-0.2, 0) is 24.0 Å². The van der Waals surface area contributed by atoms with Crippen molar-refractivity contribution in [3.05, 3.63) is 81.2 Å². The summed E-state index contributed by atoms with van der Waals surface area (Å²) in [4.78, 5) is 88.5. The van der Waals surface area contributed by atoms with Crippen molar-refractivity contribution in [1.82, 2.24) is 36.5 Å². The Labute approximate surface area is 305 Å². The highest BCUT2D eigenvalue weighted by atomic mass is 35.5. The lowest BCUT2D eigenvalue weighted by molar-refractivity contribution is -0.144. The average molecular weight is 732 g/mol. The molecule has 2 aliphatic heterocycles. The van der Waals surface area contributed by atoms with Crippen molar-refractivity contribution >= 4 is 57.5 Å². The van der Waals surface area contributed by atoms with E-state index < -0.39 is 64.1 Å². The molecule has 3 aliphatic rings. The summed E-state index contributed by atoms with van der Waals surface area (Å²) in [6.45, 7) is 7.07. The second-order valence-corrected chi connectivity index (χ2v) is 15.1. The summed E-state index contributed by atoms with van der Waals surface area (Å²) in [6.07, 6.45) is 4.11. The van der Waals surface area contributed by atoms with Crippen LogP contribution in [0.2, 0.25) is 5.02 Å². The largest absolute Gasteiger partial charge is 0.347 e. The van der Waals surface area contributed by atoms with Gasteiger partial charge < -0.3 is 20.9 Å². The van der Waals surface area contributed by atoms with Crippen molar-refractivity contribution in [1.29, 1.82) is 0 Å². The maximum absolute atomic E-state index is 14.7. The number of ketones is 1. The minimum Gasteiger partial charge on any atom is -0.347 e. The van der Waals surface area contributed by atoms with Gasteiger partial charge in [-0.3, -0.25) is 39.1 Å². The van der Waals surface area contributed by atoms with Gasteiger partial charge in [0.25, 0.3) is 17.4 Å². The normalized spacial score (nSPS) is 20.9. The topological polar surface area (TPSA) is 192 Å². The number of carbonyl (C=O) groups excluding carboxylic acids is 5. The number of halogens is 1. The van der Waals surface area contributed by atoms with Gasteiger partial charge in [-0.25, -0.2) is 5.10 Å². The van der Waals surface area contributed by atoms with Crippen LogP contribution in [0.1, 0.15) is 75.9 Å². The number of Topliss-reactive ketones (excluding diaryl/α,β-unsaturated/α-hetero) is 1. The van der Waals surface area contributed by atoms with Gasteiger partial charge in [0.2, 0.25) is 17.6 Å². The molecule has 0 bridgehead atoms. The van der Waals surface area contributed by atoms with Crippen LogP contribution in [0.5, 0.6) is 0 Å². The van der Waals surface area contributed by atoms with Gasteiger partial charge in [-0.1, -0.05) is 76.0 Å². The Balaban J connectivity index is 1.32. The van der Waals surface area contributed by atoms with E-state index in [2.05, 4.69) is 31.6 Å². The predicted molar refractivity (Wildman–Crippen MR) is 193 cm³/mol. The van der Waals surface area contributed by atoms with E-state index in [4.69, 9.17) is 16.4 Å². The second-order valence-electron chi connectivity index (χ2n) is 14.7. The predicted octanol–water partition coefficient (Wildman–Crippen LogP) is 2.77. The maximum atomic E-state index is 14.7. The van der Waals surface area contributed by atoms with Crippen LogP contribution < -0.4 is 27.0 Å². The van der Waals surface area contributed by atoms with E-state index in [0.29, 0.717) is 22.5 Å². The van der Waals surface area contributed by atoms with E-state index in [1.807, 2.05) is 13.0 Å². The van der Waals surface area contributed by atoms with Gasteiger partial charge in [0, 0.05) is 28.4 Å². The summed E-state index contributed by atoms with van der Waals surface area (Å²) in [5, 5.41) is 15.7. The highest BCUT2D eigenvalue weighted by Crippen LogP contribution is 2.39. The first-order chi connectivity index (χ1) is 24.7. The smallest absolute Gasteiger partial charge is 0.289 e. The molecule has 4 atom stereocenters. The third kappa shape index (κ3) is 7.72. The first kappa shape index (κ1) is 36.7. The zero-order valence-electron chi connectivity index (χ0n) is 29.4. The molecule has 2 aromatic carbocycles. The minimum atomic E-state index is -1.18. The quantitative estimate of drug-likeness (QED) is 0.185. The first-order valence-electron chi connectivity index (χ1n) is 17.4. The lowest BCUT2D eigenvalue weighted by Gasteiger charge is -2.35. The number of likely N-dealkylation sites (tertiary alicyclic amines) is 1. The molecule has 4 amide bonds. The number of rotatable bonds is 11. The summed E-state index contributed by atoms with van der Waals surface area (Å²) < 4.78 is 0. The summed E-state index contributed by atoms with van der Waals surface area (Å²) in [6, 6.07) is 10.1. The van der Waals surface area contributed by atoms with E-state index in [9.17, 15) is 28.8 Å². The number of hydrogen-bond acceptors (Lipinski definition) is 9. The third-order valence-electron chi connectivity index (χ3n) is 9.49. The van der Waals surface area contributed by atoms with Crippen molar-refractivity contribution in [2.45, 2.75) is 89.6 Å². The molecule has 0 unspecified atom stereocenters. The average Bonchev–Trinajstić information content (AvgIpc) is 3.70. The molecule has 0 radical (unpaired) electrons. The molecular weight excluding hydrogens is 690 g/mol. The van der Waals surface area contributed by atoms with Crippen LogP contribution in [0.3, 0.4) is 0 Å². The van der Waals surface area contributed by atoms with Gasteiger partial charge in [0.05, 0.1) is 23.7 Å². The van der Waals surface area contributed by atoms with Gasteiger partial charge in [0.15, 0.2) is 5.69 Å². The monoisotopic (exact) mass is 731 g/mol. The summed E-state index contributed by atoms with van der Waals surface area (Å²) in [7, 11) is 0. The Kier molecular flexibility index (Phi) is 10.2. The van der Waals surface area contributed by atoms with E-state index in [0.717, 1.165) is 18.4 Å². The summed E-state index contributed by atoms with van der Waals surface area (Å²) >= 11 is 6.25. The molecule has 6 rings (SSSR count). The number of benzene rings is 2. The van der Waals surface area contributed by atoms with Crippen molar-refractivity contribution in [3.8, 4) is 0 Å². The molecule has 3 heterocycles. The molecule has 1 saturated carbocycles. The number of nitrogens with one attached hydrogen (secondary N) is 5. The van der Waals surface area contributed by atoms with E-state index >= 15 is 0 Å². The molecule has 52 heavy (non-hydrogen) atoms. The zero-order chi connectivity index (χ0) is 37.4. The highest BCUT2D eigenvalue weighted by Gasteiger charge is 2.54. The van der Waals surface area contributed by atoms with Crippen LogP contribution in [0, 0.1) is 5.41 Å². The van der Waals surface area contributed by atoms with Gasteiger partial charge in [-0.05, 0) is 49.0 Å². The van der Waals surface area contributed by atoms with Gasteiger partial charge in [0.1, 0.15) is 17.7 Å². The number of fused-ring (bicyclic) bond motifs is 1. The lowest BCUT2D eigenvalue weighted by atomic mass is 9.85. The van der Waals surface area contributed by atoms with Gasteiger partial charge in [-0.2, -0.15) is 5.10 Å². The van der Waals surface area contributed by atoms with E-state index in [-0.39, 0.29) is 36.5 Å². The Morgan fingerprint density at radius 2 is 1.79 bits per heavy atom. The number of H-pyrrole nitrogens is 1. The standard InChI is InChI=1S/C37H42ClN7O7/c1-5-9-25(29(46)34(50)39-22-14-15-22)40-32(48)27-18-37(17-26(44-52-37)20-10-8-11-21(38)16-20)19-45(27)35(51)30(36(2,3)4)41-33(49)28-23-12-6-7-13-24(23)31(47)43-42-28/h6-8,10-13,16-17,22,25,27,30,44H,5,9,14-15,18-19H2,1-4H3,(H,39,50)(H,40,48)(H,41,49)(H,43,47)/t25-,27-,30+,37+/m0/s1. The Bertz CT molecular complexity index is 2020. The molecule has 14 nitrogen and oxygen atoms in total. The van der Waals surface area contributed by atoms with E-state index in [1.54, 1.807) is 69.3 Å². The number of aromatic amines is 1. The van der Waals surface area contributed by atoms with Crippen molar-refractivity contribution in [2.75, 3.05) is 6.54 Å². The molecule has 15 heteroatoms. The molecule has 3 aromatic rings. The van der Waals surface area contributed by atoms with Crippen molar-refractivity contribution in [2.24, 2.45) is 5.41 Å². The third-order valence-corrected chi connectivity index (χ3v) is 9.73. The molecule has 1 aliphatic carbocycles. The Hall–Kier alpha value is -5.08. The molecule has 1 saturated heterocycles.